The number of H-pyrrole nitrogens is 1. The van der Waals surface area contributed by atoms with Gasteiger partial charge < -0.3 is 5.32 Å². The number of hydrogen-bond donors (Lipinski definition) is 2. The van der Waals surface area contributed by atoms with Crippen LogP contribution >= 0.6 is 23.4 Å². The number of benzene rings is 2. The molecule has 0 bridgehead atoms. The molecule has 0 saturated carbocycles. The van der Waals surface area contributed by atoms with E-state index in [1.165, 1.54) is 22.3 Å². The van der Waals surface area contributed by atoms with Crippen LogP contribution in [0.5, 0.6) is 0 Å². The molecule has 0 aliphatic carbocycles. The van der Waals surface area contributed by atoms with Gasteiger partial charge in [-0.25, -0.2) is 9.97 Å². The molecule has 0 saturated heterocycles. The van der Waals surface area contributed by atoms with E-state index in [0.717, 1.165) is 11.8 Å². The maximum Gasteiger partial charge on any atom is 0.336 e. The maximum atomic E-state index is 13.3. The van der Waals surface area contributed by atoms with Crippen molar-refractivity contribution in [2.45, 2.75) is 10.1 Å². The lowest BCUT2D eigenvalue weighted by Gasteiger charge is -2.05. The Bertz CT molecular complexity index is 1310. The van der Waals surface area contributed by atoms with Gasteiger partial charge in [0.05, 0.1) is 10.8 Å². The Morgan fingerprint density at radius 3 is 2.53 bits per heavy atom. The van der Waals surface area contributed by atoms with Gasteiger partial charge >= 0.3 is 15.2 Å². The third-order valence-electron chi connectivity index (χ3n) is 4.17. The first-order chi connectivity index (χ1) is 14.4. The second-order valence-corrected chi connectivity index (χ2v) is 9.42. The molecular formula is C20H16ClN4O3S2+. The number of imidazole rings is 1. The predicted octanol–water partition coefficient (Wildman–Crippen LogP) is 3.47. The molecule has 0 fully saturated rings. The van der Waals surface area contributed by atoms with Crippen molar-refractivity contribution in [1.82, 2.24) is 9.97 Å². The molecule has 1 amide bonds. The van der Waals surface area contributed by atoms with Crippen LogP contribution < -0.4 is 9.29 Å². The summed E-state index contributed by atoms with van der Waals surface area (Å²) < 4.78 is 27.8. The average Bonchev–Trinajstić information content (AvgIpc) is 3.14. The quantitative estimate of drug-likeness (QED) is 0.340. The fourth-order valence-corrected chi connectivity index (χ4v) is 5.52. The SMILES string of the molecule is O=C(CSc1[nH]c2ccccc2[n+]1S(=O)(=O)c1ccccc1)Nc1ccc(Cl)cn1. The minimum Gasteiger partial charge on any atom is -0.310 e. The van der Waals surface area contributed by atoms with E-state index in [1.807, 2.05) is 6.07 Å². The number of para-hydroxylation sites is 2. The van der Waals surface area contributed by atoms with Crippen LogP contribution in [0.15, 0.2) is 83.0 Å². The summed E-state index contributed by atoms with van der Waals surface area (Å²) in [7, 11) is -3.86. The summed E-state index contributed by atoms with van der Waals surface area (Å²) in [5.41, 5.74) is 1.16. The molecule has 0 aliphatic rings. The number of carbonyl (C=O) groups excluding carboxylic acids is 1. The molecule has 0 radical (unpaired) electrons. The number of nitrogens with zero attached hydrogens (tertiary/aromatic N) is 2. The van der Waals surface area contributed by atoms with Crippen molar-refractivity contribution in [2.24, 2.45) is 0 Å². The Balaban J connectivity index is 1.64. The van der Waals surface area contributed by atoms with Gasteiger partial charge in [-0.15, -0.1) is 3.97 Å². The molecule has 0 spiro atoms. The average molecular weight is 460 g/mol. The number of aromatic nitrogens is 3. The van der Waals surface area contributed by atoms with Crippen LogP contribution in [0.1, 0.15) is 0 Å². The van der Waals surface area contributed by atoms with Crippen molar-refractivity contribution in [3.8, 4) is 0 Å². The van der Waals surface area contributed by atoms with Gasteiger partial charge in [0.25, 0.3) is 0 Å². The van der Waals surface area contributed by atoms with E-state index in [1.54, 1.807) is 48.5 Å². The highest BCUT2D eigenvalue weighted by molar-refractivity contribution is 8.00. The van der Waals surface area contributed by atoms with E-state index in [-0.39, 0.29) is 16.6 Å². The number of amides is 1. The van der Waals surface area contributed by atoms with Gasteiger partial charge in [0.15, 0.2) is 11.0 Å². The minimum absolute atomic E-state index is 0.0125. The molecule has 2 aromatic carbocycles. The monoisotopic (exact) mass is 459 g/mol. The number of halogens is 1. The molecule has 2 aromatic heterocycles. The van der Waals surface area contributed by atoms with Crippen molar-refractivity contribution < 1.29 is 17.2 Å². The Hall–Kier alpha value is -2.88. The van der Waals surface area contributed by atoms with E-state index >= 15 is 0 Å². The molecule has 152 valence electrons. The van der Waals surface area contributed by atoms with Gasteiger partial charge in [-0.2, -0.15) is 8.42 Å². The van der Waals surface area contributed by atoms with E-state index in [9.17, 15) is 13.2 Å². The Kier molecular flexibility index (Phi) is 5.76. The van der Waals surface area contributed by atoms with Crippen molar-refractivity contribution in [2.75, 3.05) is 11.1 Å². The summed E-state index contributed by atoms with van der Waals surface area (Å²) in [6, 6.07) is 18.5. The van der Waals surface area contributed by atoms with E-state index in [4.69, 9.17) is 11.6 Å². The summed E-state index contributed by atoms with van der Waals surface area (Å²) in [6.07, 6.45) is 1.43. The summed E-state index contributed by atoms with van der Waals surface area (Å²) in [5, 5.41) is 3.46. The largest absolute Gasteiger partial charge is 0.336 e. The zero-order chi connectivity index (χ0) is 21.1. The molecule has 30 heavy (non-hydrogen) atoms. The normalized spacial score (nSPS) is 11.5. The highest BCUT2D eigenvalue weighted by Gasteiger charge is 2.31. The molecule has 0 atom stereocenters. The first-order valence-electron chi connectivity index (χ1n) is 8.83. The summed E-state index contributed by atoms with van der Waals surface area (Å²) in [6.45, 7) is 0. The van der Waals surface area contributed by atoms with Gasteiger partial charge in [0.2, 0.25) is 5.91 Å². The topological polar surface area (TPSA) is 95.8 Å². The van der Waals surface area contributed by atoms with Crippen LogP contribution in [0.4, 0.5) is 5.82 Å². The Morgan fingerprint density at radius 1 is 1.07 bits per heavy atom. The van der Waals surface area contributed by atoms with Crippen molar-refractivity contribution in [3.05, 3.63) is 77.9 Å². The zero-order valence-electron chi connectivity index (χ0n) is 15.4. The van der Waals surface area contributed by atoms with Crippen molar-refractivity contribution in [3.63, 3.8) is 0 Å². The maximum absolute atomic E-state index is 13.3. The van der Waals surface area contributed by atoms with E-state index < -0.39 is 10.0 Å². The Morgan fingerprint density at radius 2 is 1.80 bits per heavy atom. The number of pyridine rings is 1. The first-order valence-corrected chi connectivity index (χ1v) is 11.6. The van der Waals surface area contributed by atoms with Crippen LogP contribution in [-0.4, -0.2) is 30.0 Å². The molecule has 0 unspecified atom stereocenters. The second kappa shape index (κ2) is 8.47. The zero-order valence-corrected chi connectivity index (χ0v) is 17.8. The third kappa shape index (κ3) is 4.18. The molecule has 7 nitrogen and oxygen atoms in total. The number of hydrogen-bond acceptors (Lipinski definition) is 5. The standard InChI is InChI=1S/C20H15ClN4O3S2/c21-14-10-11-18(22-12-14)24-19(26)13-29-20-23-16-8-4-5-9-17(16)25(20)30(27,28)15-6-2-1-3-7-15/h1-12H,13H2,(H,22,24,26)/p+1. The van der Waals surface area contributed by atoms with Gasteiger partial charge in [0, 0.05) is 6.20 Å². The molecule has 4 rings (SSSR count). The van der Waals surface area contributed by atoms with Gasteiger partial charge in [-0.05, 0) is 48.2 Å². The summed E-state index contributed by atoms with van der Waals surface area (Å²) in [4.78, 5) is 19.6. The fourth-order valence-electron chi connectivity index (χ4n) is 2.83. The first kappa shape index (κ1) is 20.4. The number of nitrogens with one attached hydrogen (secondary N) is 2. The lowest BCUT2D eigenvalue weighted by Crippen LogP contribution is -2.44. The smallest absolute Gasteiger partial charge is 0.310 e. The molecule has 2 N–H and O–H groups in total. The van der Waals surface area contributed by atoms with E-state index in [0.29, 0.717) is 27.0 Å². The second-order valence-electron chi connectivity index (χ2n) is 6.23. The molecule has 10 heteroatoms. The van der Waals surface area contributed by atoms with Crippen LogP contribution in [-0.2, 0) is 14.8 Å². The number of rotatable bonds is 6. The summed E-state index contributed by atoms with van der Waals surface area (Å²) >= 11 is 6.88. The lowest BCUT2D eigenvalue weighted by atomic mass is 10.3. The predicted molar refractivity (Wildman–Crippen MR) is 116 cm³/mol. The summed E-state index contributed by atoms with van der Waals surface area (Å²) in [5.74, 6) is 0.0325. The lowest BCUT2D eigenvalue weighted by molar-refractivity contribution is -0.526. The number of anilines is 1. The third-order valence-corrected chi connectivity index (χ3v) is 7.20. The fraction of sp³-hybridized carbons (Fsp3) is 0.0500. The highest BCUT2D eigenvalue weighted by atomic mass is 35.5. The minimum atomic E-state index is -3.86. The number of thioether (sulfide) groups is 1. The van der Waals surface area contributed by atoms with Gasteiger partial charge in [0.1, 0.15) is 10.7 Å². The van der Waals surface area contributed by atoms with Crippen LogP contribution in [0.25, 0.3) is 11.0 Å². The van der Waals surface area contributed by atoms with Gasteiger partial charge in [-0.3, -0.25) is 4.79 Å². The molecule has 2 heterocycles. The molecule has 0 aliphatic heterocycles. The number of carbonyl (C=O) groups is 1. The van der Waals surface area contributed by atoms with Crippen molar-refractivity contribution >= 4 is 56.1 Å². The Labute approximate surface area is 182 Å². The van der Waals surface area contributed by atoms with E-state index in [2.05, 4.69) is 15.3 Å². The van der Waals surface area contributed by atoms with Crippen LogP contribution in [0, 0.1) is 0 Å². The highest BCUT2D eigenvalue weighted by Crippen LogP contribution is 2.21. The molecular weight excluding hydrogens is 444 g/mol. The van der Waals surface area contributed by atoms with Crippen molar-refractivity contribution in [1.29, 1.82) is 0 Å². The van der Waals surface area contributed by atoms with Crippen LogP contribution in [0.3, 0.4) is 0 Å². The number of aromatic amines is 1. The number of fused-ring (bicyclic) bond motifs is 1. The molecule has 4 aromatic rings. The van der Waals surface area contributed by atoms with Crippen LogP contribution in [0.2, 0.25) is 5.02 Å². The van der Waals surface area contributed by atoms with Gasteiger partial charge in [-0.1, -0.05) is 41.9 Å².